The van der Waals surface area contributed by atoms with Gasteiger partial charge in [0.15, 0.2) is 5.11 Å². The van der Waals surface area contributed by atoms with Crippen LogP contribution in [0.5, 0.6) is 0 Å². The summed E-state index contributed by atoms with van der Waals surface area (Å²) in [4.78, 5) is 11.1. The molecule has 0 radical (unpaired) electrons. The molecule has 2 N–H and O–H groups in total. The van der Waals surface area contributed by atoms with Crippen LogP contribution in [0.1, 0.15) is 29.0 Å². The molecule has 4 heterocycles. The molecule has 8 nitrogen and oxygen atoms in total. The van der Waals surface area contributed by atoms with E-state index in [2.05, 4.69) is 20.0 Å². The van der Waals surface area contributed by atoms with Gasteiger partial charge in [0.1, 0.15) is 11.9 Å². The van der Waals surface area contributed by atoms with Crippen LogP contribution in [0.4, 0.5) is 11.4 Å². The van der Waals surface area contributed by atoms with E-state index in [1.54, 1.807) is 24.5 Å². The van der Waals surface area contributed by atoms with Crippen molar-refractivity contribution in [3.63, 3.8) is 0 Å². The first-order valence-corrected chi connectivity index (χ1v) is 13.8. The van der Waals surface area contributed by atoms with Crippen molar-refractivity contribution in [2.45, 2.75) is 19.0 Å². The molecule has 36 heavy (non-hydrogen) atoms. The Labute approximate surface area is 220 Å². The highest BCUT2D eigenvalue weighted by Gasteiger charge is 2.42. The lowest BCUT2D eigenvalue weighted by molar-refractivity contribution is 0.548. The Morgan fingerprint density at radius 3 is 2.58 bits per heavy atom. The van der Waals surface area contributed by atoms with Crippen LogP contribution >= 0.6 is 23.8 Å². The molecule has 3 aromatic heterocycles. The predicted molar refractivity (Wildman–Crippen MR) is 146 cm³/mol. The number of thiocarbonyl (C=S) groups is 1. The second-order valence-electron chi connectivity index (χ2n) is 8.51. The van der Waals surface area contributed by atoms with Crippen molar-refractivity contribution in [2.24, 2.45) is 0 Å². The van der Waals surface area contributed by atoms with Crippen LogP contribution < -0.4 is 14.9 Å². The van der Waals surface area contributed by atoms with Crippen LogP contribution in [0, 0.1) is 6.92 Å². The molecule has 0 bridgehead atoms. The maximum Gasteiger partial charge on any atom is 0.229 e. The number of halogens is 1. The van der Waals surface area contributed by atoms with Crippen molar-refractivity contribution in [3.8, 4) is 5.82 Å². The zero-order chi connectivity index (χ0) is 25.4. The zero-order valence-electron chi connectivity index (χ0n) is 19.5. The van der Waals surface area contributed by atoms with Crippen LogP contribution in [-0.4, -0.2) is 34.3 Å². The summed E-state index contributed by atoms with van der Waals surface area (Å²) in [5, 5.41) is 4.54. The molecule has 0 aliphatic carbocycles. The quantitative estimate of drug-likeness (QED) is 0.341. The van der Waals surface area contributed by atoms with Crippen molar-refractivity contribution in [1.82, 2.24) is 19.9 Å². The van der Waals surface area contributed by atoms with Crippen LogP contribution in [0.2, 0.25) is 5.02 Å². The van der Waals surface area contributed by atoms with E-state index in [9.17, 15) is 8.42 Å². The average molecular weight is 539 g/mol. The first kappa shape index (κ1) is 24.2. The lowest BCUT2D eigenvalue weighted by atomic mass is 10.0. The van der Waals surface area contributed by atoms with E-state index in [1.165, 1.54) is 0 Å². The fourth-order valence-corrected chi connectivity index (χ4v) is 5.49. The van der Waals surface area contributed by atoms with Crippen LogP contribution in [0.3, 0.4) is 0 Å². The van der Waals surface area contributed by atoms with Crippen molar-refractivity contribution in [1.29, 1.82) is 0 Å². The Balaban J connectivity index is 1.63. The van der Waals surface area contributed by atoms with Gasteiger partial charge in [0.25, 0.3) is 0 Å². The molecule has 1 aromatic carbocycles. The van der Waals surface area contributed by atoms with E-state index in [-0.39, 0.29) is 12.1 Å². The molecule has 1 aliphatic rings. The van der Waals surface area contributed by atoms with Gasteiger partial charge in [-0.15, -0.1) is 0 Å². The van der Waals surface area contributed by atoms with Crippen LogP contribution in [0.25, 0.3) is 5.82 Å². The second-order valence-corrected chi connectivity index (χ2v) is 11.1. The van der Waals surface area contributed by atoms with Gasteiger partial charge in [-0.3, -0.25) is 9.71 Å². The highest BCUT2D eigenvalue weighted by molar-refractivity contribution is 7.92. The van der Waals surface area contributed by atoms with E-state index in [1.807, 2.05) is 71.1 Å². The smallest absolute Gasteiger partial charge is 0.229 e. The van der Waals surface area contributed by atoms with Crippen molar-refractivity contribution in [2.75, 3.05) is 15.9 Å². The van der Waals surface area contributed by atoms with Gasteiger partial charge in [-0.1, -0.05) is 17.7 Å². The molecular weight excluding hydrogens is 516 g/mol. The summed E-state index contributed by atoms with van der Waals surface area (Å²) in [7, 11) is -3.40. The second kappa shape index (κ2) is 9.53. The van der Waals surface area contributed by atoms with Crippen molar-refractivity contribution >= 4 is 50.3 Å². The Bertz CT molecular complexity index is 1520. The number of hydrogen-bond donors (Lipinski definition) is 2. The topological polar surface area (TPSA) is 92.2 Å². The minimum atomic E-state index is -3.40. The van der Waals surface area contributed by atoms with Gasteiger partial charge in [0.2, 0.25) is 10.0 Å². The highest BCUT2D eigenvalue weighted by atomic mass is 35.5. The largest absolute Gasteiger partial charge is 0.351 e. The molecule has 4 aromatic rings. The van der Waals surface area contributed by atoms with E-state index in [4.69, 9.17) is 23.8 Å². The summed E-state index contributed by atoms with van der Waals surface area (Å²) in [6, 6.07) is 18.5. The summed E-state index contributed by atoms with van der Waals surface area (Å²) >= 11 is 11.9. The van der Waals surface area contributed by atoms with E-state index in [0.29, 0.717) is 15.8 Å². The number of sulfonamides is 1. The van der Waals surface area contributed by atoms with Gasteiger partial charge in [-0.2, -0.15) is 0 Å². The van der Waals surface area contributed by atoms with Gasteiger partial charge >= 0.3 is 0 Å². The number of hydrogen-bond acceptors (Lipinski definition) is 5. The first-order chi connectivity index (χ1) is 17.2. The van der Waals surface area contributed by atoms with E-state index in [0.717, 1.165) is 34.7 Å². The molecule has 11 heteroatoms. The molecule has 2 atom stereocenters. The molecule has 0 saturated carbocycles. The van der Waals surface area contributed by atoms with Crippen molar-refractivity contribution < 1.29 is 8.42 Å². The fraction of sp³-hybridized carbons (Fsp3) is 0.160. The average Bonchev–Trinajstić information content (AvgIpc) is 3.45. The number of aryl methyl sites for hydroxylation is 1. The minimum absolute atomic E-state index is 0.242. The summed E-state index contributed by atoms with van der Waals surface area (Å²) in [5.74, 6) is 0.723. The third kappa shape index (κ3) is 4.79. The molecule has 5 rings (SSSR count). The Hall–Kier alpha value is -3.47. The number of rotatable bonds is 6. The molecule has 1 aliphatic heterocycles. The molecule has 1 saturated heterocycles. The molecule has 184 valence electrons. The van der Waals surface area contributed by atoms with Gasteiger partial charge in [0.05, 0.1) is 28.7 Å². The first-order valence-electron chi connectivity index (χ1n) is 11.1. The third-order valence-electron chi connectivity index (χ3n) is 5.92. The Morgan fingerprint density at radius 1 is 1.08 bits per heavy atom. The fourth-order valence-electron chi connectivity index (χ4n) is 4.40. The summed E-state index contributed by atoms with van der Waals surface area (Å²) in [6.45, 7) is 1.86. The Morgan fingerprint density at radius 2 is 1.92 bits per heavy atom. The van der Waals surface area contributed by atoms with Gasteiger partial charge < -0.3 is 14.8 Å². The van der Waals surface area contributed by atoms with E-state index >= 15 is 0 Å². The Kier molecular flexibility index (Phi) is 6.42. The molecule has 1 fully saturated rings. The number of benzene rings is 1. The standard InChI is InChI=1S/C25H23ClN6O2S2/c1-16-14-18(9-10-19(16)30-36(2,33)34)32-24(23(29-25(32)35)20-6-3-4-12-27-20)21-7-5-13-31(21)22-11-8-17(26)15-28-22/h3-15,23-24,30H,1-2H3,(H,29,35)/t23-,24+/m0/s1. The number of nitrogens with zero attached hydrogens (tertiary/aromatic N) is 4. The lowest BCUT2D eigenvalue weighted by Crippen LogP contribution is -2.30. The van der Waals surface area contributed by atoms with Gasteiger partial charge in [0, 0.05) is 30.0 Å². The summed E-state index contributed by atoms with van der Waals surface area (Å²) < 4.78 is 28.1. The molecule has 0 unspecified atom stereocenters. The van der Waals surface area contributed by atoms with Gasteiger partial charge in [-0.25, -0.2) is 13.4 Å². The van der Waals surface area contributed by atoms with Crippen LogP contribution in [-0.2, 0) is 10.0 Å². The summed E-state index contributed by atoms with van der Waals surface area (Å²) in [6.07, 6.45) is 6.45. The molecular formula is C25H23ClN6O2S2. The molecule has 0 spiro atoms. The number of nitrogens with one attached hydrogen (secondary N) is 2. The number of pyridine rings is 2. The van der Waals surface area contributed by atoms with Crippen molar-refractivity contribution in [3.05, 3.63) is 101 Å². The maximum atomic E-state index is 11.8. The molecule has 0 amide bonds. The number of anilines is 2. The maximum absolute atomic E-state index is 11.8. The number of aromatic nitrogens is 3. The highest BCUT2D eigenvalue weighted by Crippen LogP contribution is 2.42. The zero-order valence-corrected chi connectivity index (χ0v) is 21.8. The third-order valence-corrected chi connectivity index (χ3v) is 7.05. The van der Waals surface area contributed by atoms with E-state index < -0.39 is 10.0 Å². The normalized spacial score (nSPS) is 17.8. The minimum Gasteiger partial charge on any atom is -0.351 e. The SMILES string of the molecule is Cc1cc(N2C(=S)N[C@@H](c3ccccn3)[C@H]2c2cccn2-c2ccc(Cl)cn2)ccc1NS(C)(=O)=O. The van der Waals surface area contributed by atoms with Crippen LogP contribution in [0.15, 0.2) is 79.3 Å². The summed E-state index contributed by atoms with van der Waals surface area (Å²) in [5.41, 5.74) is 3.91. The lowest BCUT2D eigenvalue weighted by Gasteiger charge is -2.29. The van der Waals surface area contributed by atoms with Gasteiger partial charge in [-0.05, 0) is 79.3 Å². The monoisotopic (exact) mass is 538 g/mol. The predicted octanol–water partition coefficient (Wildman–Crippen LogP) is 4.78.